The third kappa shape index (κ3) is 2.81. The van der Waals surface area contributed by atoms with Crippen LogP contribution in [0.25, 0.3) is 0 Å². The van der Waals surface area contributed by atoms with Crippen molar-refractivity contribution in [3.8, 4) is 0 Å². The zero-order chi connectivity index (χ0) is 17.4. The third-order valence-corrected chi connectivity index (χ3v) is 5.03. The highest BCUT2D eigenvalue weighted by Crippen LogP contribution is 2.33. The number of halogens is 1. The fourth-order valence-corrected chi connectivity index (χ4v) is 3.96. The number of carbonyl (C=O) groups excluding carboxylic acids is 2. The highest BCUT2D eigenvalue weighted by Gasteiger charge is 2.30. The van der Waals surface area contributed by atoms with E-state index in [9.17, 15) is 9.59 Å². The summed E-state index contributed by atoms with van der Waals surface area (Å²) in [7, 11) is 0. The molecule has 0 atom stereocenters. The minimum Gasteiger partial charge on any atom is -0.354 e. The van der Waals surface area contributed by atoms with Crippen LogP contribution in [0.5, 0.6) is 0 Å². The molecule has 0 unspecified atom stereocenters. The molecule has 3 rings (SSSR count). The lowest BCUT2D eigenvalue weighted by Gasteiger charge is -2.18. The van der Waals surface area contributed by atoms with Gasteiger partial charge >= 0.3 is 0 Å². The van der Waals surface area contributed by atoms with E-state index in [-0.39, 0.29) is 11.7 Å². The number of aromatic nitrogens is 1. The maximum Gasteiger partial charge on any atom is 0.275 e. The summed E-state index contributed by atoms with van der Waals surface area (Å²) in [5, 5.41) is 0. The summed E-state index contributed by atoms with van der Waals surface area (Å²) >= 11 is 3.48. The Bertz CT molecular complexity index is 823. The zero-order valence-corrected chi connectivity index (χ0v) is 15.8. The standard InChI is InChI=1S/C19H21BrN2O2/c1-4-5-15-17(12(3)23)11(2)21-18(15)19(24)22-9-8-13-10-14(20)6-7-16(13)22/h6-7,10,21H,4-5,8-9H2,1-3H3. The molecule has 0 saturated heterocycles. The molecule has 0 radical (unpaired) electrons. The van der Waals surface area contributed by atoms with Gasteiger partial charge < -0.3 is 9.88 Å². The van der Waals surface area contributed by atoms with Gasteiger partial charge in [-0.15, -0.1) is 0 Å². The van der Waals surface area contributed by atoms with Gasteiger partial charge in [-0.05, 0) is 56.0 Å². The summed E-state index contributed by atoms with van der Waals surface area (Å²) in [5.74, 6) is -0.0351. The van der Waals surface area contributed by atoms with Crippen molar-refractivity contribution >= 4 is 33.3 Å². The van der Waals surface area contributed by atoms with Crippen LogP contribution in [0.1, 0.15) is 57.9 Å². The number of fused-ring (bicyclic) bond motifs is 1. The molecule has 1 aliphatic rings. The topological polar surface area (TPSA) is 53.2 Å². The number of nitrogens with zero attached hydrogens (tertiary/aromatic N) is 1. The number of anilines is 1. The van der Waals surface area contributed by atoms with Crippen molar-refractivity contribution in [2.45, 2.75) is 40.0 Å². The number of hydrogen-bond donors (Lipinski definition) is 1. The number of carbonyl (C=O) groups is 2. The molecule has 0 fully saturated rings. The van der Waals surface area contributed by atoms with Crippen LogP contribution < -0.4 is 4.90 Å². The van der Waals surface area contributed by atoms with Gasteiger partial charge in [0.05, 0.1) is 0 Å². The Labute approximate surface area is 150 Å². The molecule has 0 bridgehead atoms. The molecule has 24 heavy (non-hydrogen) atoms. The van der Waals surface area contributed by atoms with Crippen LogP contribution in [-0.4, -0.2) is 23.2 Å². The molecular formula is C19H21BrN2O2. The molecule has 0 saturated carbocycles. The number of Topliss-reactive ketones (excluding diaryl/α,β-unsaturated/α-hetero) is 1. The Hall–Kier alpha value is -1.88. The number of benzene rings is 1. The van der Waals surface area contributed by atoms with Gasteiger partial charge in [0.2, 0.25) is 0 Å². The quantitative estimate of drug-likeness (QED) is 0.786. The normalized spacial score (nSPS) is 13.2. The van der Waals surface area contributed by atoms with Gasteiger partial charge in [0.15, 0.2) is 5.78 Å². The number of aromatic amines is 1. The molecular weight excluding hydrogens is 368 g/mol. The molecule has 126 valence electrons. The summed E-state index contributed by atoms with van der Waals surface area (Å²) < 4.78 is 1.02. The number of aryl methyl sites for hydroxylation is 1. The molecule has 2 aromatic rings. The van der Waals surface area contributed by atoms with Gasteiger partial charge in [0, 0.05) is 28.0 Å². The Kier molecular flexibility index (Phi) is 4.63. The van der Waals surface area contributed by atoms with E-state index in [1.807, 2.05) is 24.0 Å². The average Bonchev–Trinajstić information content (AvgIpc) is 3.07. The average molecular weight is 389 g/mol. The molecule has 0 aliphatic carbocycles. The molecule has 2 heterocycles. The lowest BCUT2D eigenvalue weighted by Crippen LogP contribution is -2.30. The smallest absolute Gasteiger partial charge is 0.275 e. The van der Waals surface area contributed by atoms with Crippen molar-refractivity contribution in [3.05, 3.63) is 50.8 Å². The predicted octanol–water partition coefficient (Wildman–Crippen LogP) is 4.44. The number of ketones is 1. The van der Waals surface area contributed by atoms with Gasteiger partial charge in [0.1, 0.15) is 5.69 Å². The maximum absolute atomic E-state index is 13.2. The van der Waals surface area contributed by atoms with Crippen LogP contribution in [-0.2, 0) is 12.8 Å². The highest BCUT2D eigenvalue weighted by molar-refractivity contribution is 9.10. The lowest BCUT2D eigenvalue weighted by atomic mass is 10.0. The summed E-state index contributed by atoms with van der Waals surface area (Å²) in [4.78, 5) is 30.1. The summed E-state index contributed by atoms with van der Waals surface area (Å²) in [5.41, 5.74) is 5.01. The summed E-state index contributed by atoms with van der Waals surface area (Å²) in [6, 6.07) is 6.00. The number of H-pyrrole nitrogens is 1. The molecule has 1 aromatic heterocycles. The summed E-state index contributed by atoms with van der Waals surface area (Å²) in [6.07, 6.45) is 2.46. The van der Waals surface area contributed by atoms with Crippen molar-refractivity contribution in [1.82, 2.24) is 4.98 Å². The molecule has 5 heteroatoms. The van der Waals surface area contributed by atoms with E-state index in [1.165, 1.54) is 5.56 Å². The third-order valence-electron chi connectivity index (χ3n) is 4.54. The number of nitrogens with one attached hydrogen (secondary N) is 1. The second-order valence-electron chi connectivity index (χ2n) is 6.26. The monoisotopic (exact) mass is 388 g/mol. The van der Waals surface area contributed by atoms with Gasteiger partial charge in [-0.1, -0.05) is 29.3 Å². The fourth-order valence-electron chi connectivity index (χ4n) is 3.55. The first kappa shape index (κ1) is 17.0. The number of rotatable bonds is 4. The summed E-state index contributed by atoms with van der Waals surface area (Å²) in [6.45, 7) is 6.15. The Morgan fingerprint density at radius 3 is 2.75 bits per heavy atom. The highest BCUT2D eigenvalue weighted by atomic mass is 79.9. The van der Waals surface area contributed by atoms with E-state index in [0.29, 0.717) is 17.8 Å². The van der Waals surface area contributed by atoms with Crippen LogP contribution in [0.4, 0.5) is 5.69 Å². The molecule has 1 aromatic carbocycles. The first-order chi connectivity index (χ1) is 11.4. The van der Waals surface area contributed by atoms with Crippen LogP contribution in [0.3, 0.4) is 0 Å². The van der Waals surface area contributed by atoms with Crippen molar-refractivity contribution in [2.24, 2.45) is 0 Å². The minimum atomic E-state index is -0.0462. The zero-order valence-electron chi connectivity index (χ0n) is 14.2. The van der Waals surface area contributed by atoms with Gasteiger partial charge in [0.25, 0.3) is 5.91 Å². The van der Waals surface area contributed by atoms with Crippen molar-refractivity contribution < 1.29 is 9.59 Å². The molecule has 1 aliphatic heterocycles. The van der Waals surface area contributed by atoms with Crippen molar-refractivity contribution in [2.75, 3.05) is 11.4 Å². The second-order valence-corrected chi connectivity index (χ2v) is 7.18. The Morgan fingerprint density at radius 2 is 2.08 bits per heavy atom. The van der Waals surface area contributed by atoms with Crippen molar-refractivity contribution in [1.29, 1.82) is 0 Å². The first-order valence-electron chi connectivity index (χ1n) is 8.26. The van der Waals surface area contributed by atoms with Crippen LogP contribution in [0, 0.1) is 6.92 Å². The minimum absolute atomic E-state index is 0.0111. The van der Waals surface area contributed by atoms with Gasteiger partial charge in [-0.25, -0.2) is 0 Å². The second kappa shape index (κ2) is 6.55. The number of amides is 1. The van der Waals surface area contributed by atoms with Crippen LogP contribution >= 0.6 is 15.9 Å². The SMILES string of the molecule is CCCc1c(C(=O)N2CCc3cc(Br)ccc32)[nH]c(C)c1C(C)=O. The van der Waals surface area contributed by atoms with E-state index < -0.39 is 0 Å². The Balaban J connectivity index is 2.03. The van der Waals surface area contributed by atoms with Crippen LogP contribution in [0.2, 0.25) is 0 Å². The maximum atomic E-state index is 13.2. The first-order valence-corrected chi connectivity index (χ1v) is 9.06. The van der Waals surface area contributed by atoms with Gasteiger partial charge in [-0.2, -0.15) is 0 Å². The van der Waals surface area contributed by atoms with E-state index in [0.717, 1.165) is 40.7 Å². The van der Waals surface area contributed by atoms with E-state index in [4.69, 9.17) is 0 Å². The van der Waals surface area contributed by atoms with E-state index >= 15 is 0 Å². The molecule has 0 spiro atoms. The predicted molar refractivity (Wildman–Crippen MR) is 99.1 cm³/mol. The molecule has 4 nitrogen and oxygen atoms in total. The van der Waals surface area contributed by atoms with E-state index in [2.05, 4.69) is 33.9 Å². The molecule has 1 amide bonds. The molecule has 1 N–H and O–H groups in total. The number of hydrogen-bond acceptors (Lipinski definition) is 2. The van der Waals surface area contributed by atoms with Gasteiger partial charge in [-0.3, -0.25) is 9.59 Å². The van der Waals surface area contributed by atoms with Crippen LogP contribution in [0.15, 0.2) is 22.7 Å². The fraction of sp³-hybridized carbons (Fsp3) is 0.368. The van der Waals surface area contributed by atoms with E-state index in [1.54, 1.807) is 6.92 Å². The Morgan fingerprint density at radius 1 is 1.33 bits per heavy atom. The largest absolute Gasteiger partial charge is 0.354 e. The lowest BCUT2D eigenvalue weighted by molar-refractivity contribution is 0.0983. The van der Waals surface area contributed by atoms with Crippen molar-refractivity contribution in [3.63, 3.8) is 0 Å².